The second kappa shape index (κ2) is 3.12. The average Bonchev–Trinajstić information content (AvgIpc) is 1.84. The first-order valence-corrected chi connectivity index (χ1v) is 2.26. The molecule has 0 heterocycles. The first kappa shape index (κ1) is 8.01. The van der Waals surface area contributed by atoms with Gasteiger partial charge in [-0.05, 0) is 6.92 Å². The third-order valence-electron chi connectivity index (χ3n) is 0.761. The SMILES string of the molecule is C=C(F)/C(F)=C(\C)C=O. The van der Waals surface area contributed by atoms with E-state index in [4.69, 9.17) is 0 Å². The van der Waals surface area contributed by atoms with Crippen LogP contribution in [0.2, 0.25) is 0 Å². The van der Waals surface area contributed by atoms with Crippen molar-refractivity contribution in [2.24, 2.45) is 0 Å². The van der Waals surface area contributed by atoms with Crippen LogP contribution in [0, 0.1) is 0 Å². The van der Waals surface area contributed by atoms with Crippen LogP contribution in [-0.2, 0) is 4.79 Å². The molecule has 9 heavy (non-hydrogen) atoms. The minimum absolute atomic E-state index is 0.236. The first-order chi connectivity index (χ1) is 4.09. The lowest BCUT2D eigenvalue weighted by Gasteiger charge is -1.89. The number of aldehydes is 1. The Morgan fingerprint density at radius 1 is 1.56 bits per heavy atom. The van der Waals surface area contributed by atoms with E-state index in [1.165, 1.54) is 6.92 Å². The van der Waals surface area contributed by atoms with E-state index in [0.29, 0.717) is 0 Å². The molecule has 50 valence electrons. The second-order valence-corrected chi connectivity index (χ2v) is 1.52. The molecule has 3 heteroatoms. The van der Waals surface area contributed by atoms with Gasteiger partial charge in [0.05, 0.1) is 0 Å². The molecule has 0 N–H and O–H groups in total. The molecular formula is C6H6F2O. The summed E-state index contributed by atoms with van der Waals surface area (Å²) in [6, 6.07) is 0. The summed E-state index contributed by atoms with van der Waals surface area (Å²) in [5.41, 5.74) is -0.275. The summed E-state index contributed by atoms with van der Waals surface area (Å²) in [7, 11) is 0. The van der Waals surface area contributed by atoms with Crippen molar-refractivity contribution < 1.29 is 13.6 Å². The zero-order chi connectivity index (χ0) is 7.44. The van der Waals surface area contributed by atoms with Crippen LogP contribution in [0.1, 0.15) is 6.92 Å². The average molecular weight is 132 g/mol. The number of carbonyl (C=O) groups is 1. The molecule has 0 saturated carbocycles. The monoisotopic (exact) mass is 132 g/mol. The molecule has 0 aliphatic carbocycles. The van der Waals surface area contributed by atoms with Crippen LogP contribution in [0.4, 0.5) is 8.78 Å². The van der Waals surface area contributed by atoms with Gasteiger partial charge < -0.3 is 0 Å². The molecule has 0 aromatic heterocycles. The van der Waals surface area contributed by atoms with Crippen LogP contribution in [0.25, 0.3) is 0 Å². The van der Waals surface area contributed by atoms with Crippen LogP contribution in [-0.4, -0.2) is 6.29 Å². The molecule has 0 aliphatic heterocycles. The number of hydrogen-bond acceptors (Lipinski definition) is 1. The summed E-state index contributed by atoms with van der Waals surface area (Å²) in [5.74, 6) is -2.38. The number of halogens is 2. The van der Waals surface area contributed by atoms with Crippen LogP contribution >= 0.6 is 0 Å². The molecule has 0 spiro atoms. The fourth-order valence-corrected chi connectivity index (χ4v) is 0.266. The summed E-state index contributed by atoms with van der Waals surface area (Å²) in [6.07, 6.45) is 0.236. The molecule has 0 aromatic rings. The van der Waals surface area contributed by atoms with Crippen LogP contribution in [0.3, 0.4) is 0 Å². The van der Waals surface area contributed by atoms with E-state index in [1.54, 1.807) is 0 Å². The van der Waals surface area contributed by atoms with Crippen LogP contribution < -0.4 is 0 Å². The van der Waals surface area contributed by atoms with Crippen molar-refractivity contribution in [3.8, 4) is 0 Å². The Hall–Kier alpha value is -0.990. The fraction of sp³-hybridized carbons (Fsp3) is 0.167. The van der Waals surface area contributed by atoms with Gasteiger partial charge in [0.2, 0.25) is 0 Å². The van der Waals surface area contributed by atoms with Gasteiger partial charge in [0.1, 0.15) is 6.29 Å². The predicted molar refractivity (Wildman–Crippen MR) is 30.1 cm³/mol. The molecule has 0 fully saturated rings. The second-order valence-electron chi connectivity index (χ2n) is 1.52. The molecule has 0 unspecified atom stereocenters. The maximum Gasteiger partial charge on any atom is 0.164 e. The lowest BCUT2D eigenvalue weighted by Crippen LogP contribution is -1.82. The fourth-order valence-electron chi connectivity index (χ4n) is 0.266. The Morgan fingerprint density at radius 2 is 2.00 bits per heavy atom. The van der Waals surface area contributed by atoms with Crippen LogP contribution in [0.5, 0.6) is 0 Å². The molecule has 0 amide bonds. The van der Waals surface area contributed by atoms with Gasteiger partial charge in [-0.25, -0.2) is 8.78 Å². The molecule has 0 atom stereocenters. The maximum absolute atomic E-state index is 12.1. The summed E-state index contributed by atoms with van der Waals surface area (Å²) in [4.78, 5) is 9.75. The highest BCUT2D eigenvalue weighted by Gasteiger charge is 2.02. The Labute approximate surface area is 51.7 Å². The Morgan fingerprint density at radius 3 is 2.11 bits per heavy atom. The zero-order valence-corrected chi connectivity index (χ0v) is 4.95. The number of rotatable bonds is 2. The minimum atomic E-state index is -1.21. The maximum atomic E-state index is 12.1. The van der Waals surface area contributed by atoms with Gasteiger partial charge >= 0.3 is 0 Å². The molecule has 0 saturated heterocycles. The highest BCUT2D eigenvalue weighted by molar-refractivity contribution is 5.74. The largest absolute Gasteiger partial charge is 0.298 e. The van der Waals surface area contributed by atoms with Gasteiger partial charge in [0.15, 0.2) is 11.7 Å². The van der Waals surface area contributed by atoms with Crippen molar-refractivity contribution in [3.63, 3.8) is 0 Å². The quantitative estimate of drug-likeness (QED) is 0.318. The van der Waals surface area contributed by atoms with Crippen molar-refractivity contribution in [2.45, 2.75) is 6.92 Å². The van der Waals surface area contributed by atoms with Gasteiger partial charge in [-0.15, -0.1) is 0 Å². The predicted octanol–water partition coefficient (Wildman–Crippen LogP) is 1.91. The number of carbonyl (C=O) groups excluding carboxylic acids is 1. The van der Waals surface area contributed by atoms with Gasteiger partial charge in [0.25, 0.3) is 0 Å². The first-order valence-electron chi connectivity index (χ1n) is 2.26. The molecule has 0 bridgehead atoms. The van der Waals surface area contributed by atoms with E-state index in [2.05, 4.69) is 6.58 Å². The molecule has 0 radical (unpaired) electrons. The van der Waals surface area contributed by atoms with Gasteiger partial charge in [-0.2, -0.15) is 0 Å². The third-order valence-corrected chi connectivity index (χ3v) is 0.761. The summed E-state index contributed by atoms with van der Waals surface area (Å²) in [6.45, 7) is 3.84. The van der Waals surface area contributed by atoms with Gasteiger partial charge in [0, 0.05) is 5.57 Å². The molecule has 0 aromatic carbocycles. The Bertz CT molecular complexity index is 170. The van der Waals surface area contributed by atoms with E-state index in [0.717, 1.165) is 0 Å². The van der Waals surface area contributed by atoms with Crippen molar-refractivity contribution in [2.75, 3.05) is 0 Å². The molecule has 0 rings (SSSR count). The summed E-state index contributed by atoms with van der Waals surface area (Å²) >= 11 is 0. The smallest absolute Gasteiger partial charge is 0.164 e. The van der Waals surface area contributed by atoms with E-state index < -0.39 is 11.7 Å². The third kappa shape index (κ3) is 2.17. The highest BCUT2D eigenvalue weighted by atomic mass is 19.2. The zero-order valence-electron chi connectivity index (χ0n) is 4.95. The van der Waals surface area contributed by atoms with Crippen molar-refractivity contribution in [1.82, 2.24) is 0 Å². The number of hydrogen-bond donors (Lipinski definition) is 0. The number of allylic oxidation sites excluding steroid dienone is 3. The molecule has 1 nitrogen and oxygen atoms in total. The van der Waals surface area contributed by atoms with E-state index in [-0.39, 0.29) is 11.9 Å². The summed E-state index contributed by atoms with van der Waals surface area (Å²) < 4.78 is 23.8. The van der Waals surface area contributed by atoms with Gasteiger partial charge in [-0.1, -0.05) is 6.58 Å². The molecular weight excluding hydrogens is 126 g/mol. The lowest BCUT2D eigenvalue weighted by atomic mass is 10.3. The Kier molecular flexibility index (Phi) is 2.78. The van der Waals surface area contributed by atoms with Gasteiger partial charge in [-0.3, -0.25) is 4.79 Å². The van der Waals surface area contributed by atoms with Crippen molar-refractivity contribution >= 4 is 6.29 Å². The highest BCUT2D eigenvalue weighted by Crippen LogP contribution is 2.13. The topological polar surface area (TPSA) is 17.1 Å². The lowest BCUT2D eigenvalue weighted by molar-refractivity contribution is -0.105. The summed E-state index contributed by atoms with van der Waals surface area (Å²) in [5, 5.41) is 0. The minimum Gasteiger partial charge on any atom is -0.298 e. The van der Waals surface area contributed by atoms with E-state index >= 15 is 0 Å². The van der Waals surface area contributed by atoms with Crippen molar-refractivity contribution in [3.05, 3.63) is 23.8 Å². The standard InChI is InChI=1S/C6H6F2O/c1-4(3-9)6(8)5(2)7/h3H,2H2,1H3/b6-4-. The van der Waals surface area contributed by atoms with E-state index in [1.807, 2.05) is 0 Å². The Balaban J connectivity index is 4.47. The molecule has 0 aliphatic rings. The normalized spacial score (nSPS) is 12.3. The van der Waals surface area contributed by atoms with Crippen molar-refractivity contribution in [1.29, 1.82) is 0 Å². The van der Waals surface area contributed by atoms with E-state index in [9.17, 15) is 13.6 Å². The van der Waals surface area contributed by atoms with Crippen LogP contribution in [0.15, 0.2) is 23.8 Å².